The summed E-state index contributed by atoms with van der Waals surface area (Å²) in [6, 6.07) is 8.59. The second-order valence-electron chi connectivity index (χ2n) is 4.74. The van der Waals surface area contributed by atoms with Gasteiger partial charge in [0.2, 0.25) is 0 Å². The number of hydrogen-bond donors (Lipinski definition) is 1. The van der Waals surface area contributed by atoms with Crippen molar-refractivity contribution in [3.63, 3.8) is 0 Å². The molecule has 1 aromatic carbocycles. The molecule has 6 nitrogen and oxygen atoms in total. The molecule has 1 fully saturated rings. The van der Waals surface area contributed by atoms with Crippen LogP contribution in [0, 0.1) is 0 Å². The SMILES string of the molecule is O=C(Nc1ccon1)N1CCC(Oc2ccc(Cl)cc2)C1. The summed E-state index contributed by atoms with van der Waals surface area (Å²) >= 11 is 5.83. The van der Waals surface area contributed by atoms with Crippen LogP contribution in [0.5, 0.6) is 5.75 Å². The standard InChI is InChI=1S/C14H14ClN3O3/c15-10-1-3-11(4-2-10)21-12-5-7-18(9-12)14(19)16-13-6-8-20-17-13/h1-4,6,8,12H,5,7,9H2,(H,16,17,19). The first-order valence-corrected chi connectivity index (χ1v) is 6.97. The van der Waals surface area contributed by atoms with Crippen LogP contribution < -0.4 is 10.1 Å². The van der Waals surface area contributed by atoms with Gasteiger partial charge in [-0.3, -0.25) is 5.32 Å². The number of amides is 2. The van der Waals surface area contributed by atoms with Gasteiger partial charge in [-0.25, -0.2) is 4.79 Å². The Morgan fingerprint density at radius 1 is 1.38 bits per heavy atom. The van der Waals surface area contributed by atoms with E-state index in [2.05, 4.69) is 15.0 Å². The summed E-state index contributed by atoms with van der Waals surface area (Å²) in [6.45, 7) is 1.17. The molecule has 1 unspecified atom stereocenters. The van der Waals surface area contributed by atoms with Crippen LogP contribution in [0.2, 0.25) is 5.02 Å². The maximum absolute atomic E-state index is 12.0. The lowest BCUT2D eigenvalue weighted by atomic mass is 10.3. The maximum Gasteiger partial charge on any atom is 0.323 e. The number of halogens is 1. The molecule has 1 aromatic heterocycles. The van der Waals surface area contributed by atoms with Gasteiger partial charge >= 0.3 is 6.03 Å². The Morgan fingerprint density at radius 2 is 2.19 bits per heavy atom. The van der Waals surface area contributed by atoms with Gasteiger partial charge in [0.15, 0.2) is 5.82 Å². The highest BCUT2D eigenvalue weighted by Crippen LogP contribution is 2.21. The van der Waals surface area contributed by atoms with Crippen molar-refractivity contribution in [2.75, 3.05) is 18.4 Å². The average Bonchev–Trinajstić information content (AvgIpc) is 3.13. The first kappa shape index (κ1) is 13.8. The van der Waals surface area contributed by atoms with E-state index in [-0.39, 0.29) is 12.1 Å². The molecule has 0 bridgehead atoms. The summed E-state index contributed by atoms with van der Waals surface area (Å²) in [5.41, 5.74) is 0. The normalized spacial score (nSPS) is 17.8. The molecular weight excluding hydrogens is 294 g/mol. The van der Waals surface area contributed by atoms with Crippen molar-refractivity contribution in [3.8, 4) is 5.75 Å². The Morgan fingerprint density at radius 3 is 2.90 bits per heavy atom. The number of rotatable bonds is 3. The molecule has 2 aromatic rings. The van der Waals surface area contributed by atoms with E-state index in [1.807, 2.05) is 12.1 Å². The molecule has 0 aliphatic carbocycles. The molecule has 1 N–H and O–H groups in total. The van der Waals surface area contributed by atoms with Crippen molar-refractivity contribution < 1.29 is 14.1 Å². The Hall–Kier alpha value is -2.21. The average molecular weight is 308 g/mol. The quantitative estimate of drug-likeness (QED) is 0.946. The van der Waals surface area contributed by atoms with Crippen molar-refractivity contribution in [1.82, 2.24) is 10.1 Å². The summed E-state index contributed by atoms with van der Waals surface area (Å²) in [6.07, 6.45) is 2.18. The fourth-order valence-electron chi connectivity index (χ4n) is 2.18. The number of benzene rings is 1. The highest BCUT2D eigenvalue weighted by molar-refractivity contribution is 6.30. The molecule has 1 aliphatic heterocycles. The lowest BCUT2D eigenvalue weighted by Gasteiger charge is -2.17. The van der Waals surface area contributed by atoms with E-state index >= 15 is 0 Å². The number of aromatic nitrogens is 1. The van der Waals surface area contributed by atoms with Crippen molar-refractivity contribution in [3.05, 3.63) is 41.6 Å². The fourth-order valence-corrected chi connectivity index (χ4v) is 2.31. The van der Waals surface area contributed by atoms with Gasteiger partial charge in [-0.1, -0.05) is 16.8 Å². The van der Waals surface area contributed by atoms with Gasteiger partial charge in [0.05, 0.1) is 6.54 Å². The Bertz CT molecular complexity index is 600. The maximum atomic E-state index is 12.0. The number of nitrogens with one attached hydrogen (secondary N) is 1. The van der Waals surface area contributed by atoms with Gasteiger partial charge in [-0.05, 0) is 24.3 Å². The van der Waals surface area contributed by atoms with Crippen LogP contribution in [0.3, 0.4) is 0 Å². The van der Waals surface area contributed by atoms with Crippen LogP contribution in [0.15, 0.2) is 41.1 Å². The zero-order valence-corrected chi connectivity index (χ0v) is 11.9. The molecule has 21 heavy (non-hydrogen) atoms. The number of nitrogens with zero attached hydrogens (tertiary/aromatic N) is 2. The van der Waals surface area contributed by atoms with Crippen molar-refractivity contribution >= 4 is 23.4 Å². The second-order valence-corrected chi connectivity index (χ2v) is 5.18. The number of likely N-dealkylation sites (tertiary alicyclic amines) is 1. The van der Waals surface area contributed by atoms with Crippen LogP contribution in [0.4, 0.5) is 10.6 Å². The fraction of sp³-hybridized carbons (Fsp3) is 0.286. The highest BCUT2D eigenvalue weighted by Gasteiger charge is 2.28. The number of anilines is 1. The second kappa shape index (κ2) is 6.05. The molecule has 2 amide bonds. The minimum absolute atomic E-state index is 0.0192. The van der Waals surface area contributed by atoms with E-state index in [0.29, 0.717) is 23.9 Å². The molecule has 1 aliphatic rings. The Labute approximate surface area is 126 Å². The summed E-state index contributed by atoms with van der Waals surface area (Å²) < 4.78 is 10.5. The number of carbonyl (C=O) groups is 1. The smallest absolute Gasteiger partial charge is 0.323 e. The van der Waals surface area contributed by atoms with E-state index < -0.39 is 0 Å². The van der Waals surface area contributed by atoms with E-state index in [1.54, 1.807) is 23.1 Å². The Balaban J connectivity index is 1.53. The molecule has 7 heteroatoms. The summed E-state index contributed by atoms with van der Waals surface area (Å²) in [7, 11) is 0. The van der Waals surface area contributed by atoms with Gasteiger partial charge in [0.1, 0.15) is 18.1 Å². The predicted molar refractivity (Wildman–Crippen MR) is 77.6 cm³/mol. The van der Waals surface area contributed by atoms with Crippen molar-refractivity contribution in [2.24, 2.45) is 0 Å². The molecule has 0 saturated carbocycles. The van der Waals surface area contributed by atoms with Crippen molar-refractivity contribution in [1.29, 1.82) is 0 Å². The van der Waals surface area contributed by atoms with Gasteiger partial charge in [0, 0.05) is 24.1 Å². The first-order valence-electron chi connectivity index (χ1n) is 6.59. The van der Waals surface area contributed by atoms with E-state index in [0.717, 1.165) is 12.2 Å². The van der Waals surface area contributed by atoms with Crippen LogP contribution in [-0.2, 0) is 0 Å². The molecular formula is C14H14ClN3O3. The molecule has 1 saturated heterocycles. The monoisotopic (exact) mass is 307 g/mol. The third-order valence-electron chi connectivity index (χ3n) is 3.22. The molecule has 3 rings (SSSR count). The molecule has 2 heterocycles. The van der Waals surface area contributed by atoms with Crippen molar-refractivity contribution in [2.45, 2.75) is 12.5 Å². The van der Waals surface area contributed by atoms with E-state index in [4.69, 9.17) is 16.3 Å². The molecule has 0 spiro atoms. The van der Waals surface area contributed by atoms with Gasteiger partial charge < -0.3 is 14.2 Å². The zero-order valence-electron chi connectivity index (χ0n) is 11.2. The molecule has 110 valence electrons. The van der Waals surface area contributed by atoms with Crippen LogP contribution >= 0.6 is 11.6 Å². The first-order chi connectivity index (χ1) is 10.2. The third kappa shape index (κ3) is 3.46. The molecule has 0 radical (unpaired) electrons. The van der Waals surface area contributed by atoms with Crippen LogP contribution in [0.1, 0.15) is 6.42 Å². The predicted octanol–water partition coefficient (Wildman–Crippen LogP) is 3.01. The summed E-state index contributed by atoms with van der Waals surface area (Å²) in [4.78, 5) is 13.7. The lowest BCUT2D eigenvalue weighted by Crippen LogP contribution is -2.34. The van der Waals surface area contributed by atoms with Gasteiger partial charge in [-0.2, -0.15) is 0 Å². The summed E-state index contributed by atoms with van der Waals surface area (Å²) in [5, 5.41) is 6.98. The Kier molecular flexibility index (Phi) is 3.96. The number of hydrogen-bond acceptors (Lipinski definition) is 4. The van der Waals surface area contributed by atoms with Gasteiger partial charge in [0.25, 0.3) is 0 Å². The van der Waals surface area contributed by atoms with E-state index in [1.165, 1.54) is 6.26 Å². The van der Waals surface area contributed by atoms with Crippen LogP contribution in [-0.4, -0.2) is 35.3 Å². The largest absolute Gasteiger partial charge is 0.489 e. The third-order valence-corrected chi connectivity index (χ3v) is 3.47. The number of urea groups is 1. The minimum atomic E-state index is -0.203. The topological polar surface area (TPSA) is 67.6 Å². The zero-order chi connectivity index (χ0) is 14.7. The number of carbonyl (C=O) groups excluding carboxylic acids is 1. The summed E-state index contributed by atoms with van der Waals surface area (Å²) in [5.74, 6) is 1.16. The molecule has 1 atom stereocenters. The van der Waals surface area contributed by atoms with Crippen LogP contribution in [0.25, 0.3) is 0 Å². The highest BCUT2D eigenvalue weighted by atomic mass is 35.5. The van der Waals surface area contributed by atoms with Gasteiger partial charge in [-0.15, -0.1) is 0 Å². The van der Waals surface area contributed by atoms with E-state index in [9.17, 15) is 4.79 Å². The number of ether oxygens (including phenoxy) is 1. The lowest BCUT2D eigenvalue weighted by molar-refractivity contribution is 0.194. The minimum Gasteiger partial charge on any atom is -0.489 e.